The van der Waals surface area contributed by atoms with Crippen molar-refractivity contribution in [3.63, 3.8) is 0 Å². The van der Waals surface area contributed by atoms with E-state index in [-0.39, 0.29) is 22.5 Å². The van der Waals surface area contributed by atoms with Gasteiger partial charge in [0, 0.05) is 30.7 Å². The molecular formula is C23H22N2O3. The molecule has 142 valence electrons. The van der Waals surface area contributed by atoms with Crippen LogP contribution in [0.1, 0.15) is 52.9 Å². The number of allylic oxidation sites excluding steroid dienone is 1. The number of ether oxygens (including phenoxy) is 1. The van der Waals surface area contributed by atoms with E-state index >= 15 is 0 Å². The zero-order valence-electron chi connectivity index (χ0n) is 16.1. The van der Waals surface area contributed by atoms with Gasteiger partial charge in [-0.3, -0.25) is 14.3 Å². The van der Waals surface area contributed by atoms with E-state index in [1.165, 1.54) is 18.2 Å². The molecule has 1 spiro atoms. The van der Waals surface area contributed by atoms with Crippen molar-refractivity contribution in [3.8, 4) is 5.69 Å². The van der Waals surface area contributed by atoms with E-state index < -0.39 is 5.97 Å². The van der Waals surface area contributed by atoms with Gasteiger partial charge in [-0.1, -0.05) is 29.8 Å². The van der Waals surface area contributed by atoms with Crippen molar-refractivity contribution in [2.45, 2.75) is 37.1 Å². The Balaban J connectivity index is 1.79. The summed E-state index contributed by atoms with van der Waals surface area (Å²) in [5.74, 6) is -0.292. The monoisotopic (exact) mass is 374 g/mol. The molecular weight excluding hydrogens is 352 g/mol. The maximum absolute atomic E-state index is 13.4. The molecule has 4 heterocycles. The van der Waals surface area contributed by atoms with Crippen molar-refractivity contribution < 1.29 is 9.53 Å². The molecule has 2 fully saturated rings. The normalized spacial score (nSPS) is 30.3. The summed E-state index contributed by atoms with van der Waals surface area (Å²) in [6.45, 7) is 4.11. The molecule has 0 amide bonds. The third-order valence-electron chi connectivity index (χ3n) is 7.53. The second kappa shape index (κ2) is 5.23. The Hall–Kier alpha value is -2.66. The summed E-state index contributed by atoms with van der Waals surface area (Å²) >= 11 is 0. The maximum atomic E-state index is 13.4. The van der Waals surface area contributed by atoms with Crippen LogP contribution in [-0.2, 0) is 10.2 Å². The number of para-hydroxylation sites is 1. The quantitative estimate of drug-likeness (QED) is 0.569. The number of rotatable bonds is 1. The van der Waals surface area contributed by atoms with Crippen molar-refractivity contribution in [1.82, 2.24) is 9.47 Å². The Morgan fingerprint density at radius 3 is 2.93 bits per heavy atom. The highest BCUT2D eigenvalue weighted by molar-refractivity contribution is 5.90. The van der Waals surface area contributed by atoms with E-state index in [4.69, 9.17) is 4.74 Å². The van der Waals surface area contributed by atoms with Crippen LogP contribution in [-0.4, -0.2) is 41.7 Å². The Morgan fingerprint density at radius 1 is 1.32 bits per heavy atom. The number of methoxy groups -OCH3 is 1. The minimum absolute atomic E-state index is 0.141. The Kier molecular flexibility index (Phi) is 3.05. The molecule has 5 nitrogen and oxygen atoms in total. The van der Waals surface area contributed by atoms with E-state index in [1.54, 1.807) is 0 Å². The van der Waals surface area contributed by atoms with Gasteiger partial charge in [0.25, 0.3) is 5.56 Å². The zero-order valence-corrected chi connectivity index (χ0v) is 16.1. The molecule has 0 radical (unpaired) electrons. The predicted octanol–water partition coefficient (Wildman–Crippen LogP) is 2.75. The molecule has 3 atom stereocenters. The number of pyridine rings is 1. The van der Waals surface area contributed by atoms with Gasteiger partial charge in [-0.15, -0.1) is 0 Å². The Bertz CT molecular complexity index is 1150. The number of fused-ring (bicyclic) bond motifs is 4. The molecule has 6 rings (SSSR count). The molecule has 28 heavy (non-hydrogen) atoms. The third kappa shape index (κ3) is 1.64. The largest absolute Gasteiger partial charge is 0.465 e. The first kappa shape index (κ1) is 16.3. The lowest BCUT2D eigenvalue weighted by atomic mass is 9.61. The van der Waals surface area contributed by atoms with E-state index in [0.29, 0.717) is 6.04 Å². The number of carbonyl (C=O) groups excluding carboxylic acids is 1. The lowest BCUT2D eigenvalue weighted by Crippen LogP contribution is -2.52. The van der Waals surface area contributed by atoms with Gasteiger partial charge in [-0.25, -0.2) is 4.79 Å². The van der Waals surface area contributed by atoms with Crippen molar-refractivity contribution >= 4 is 5.97 Å². The van der Waals surface area contributed by atoms with E-state index in [0.717, 1.165) is 42.9 Å². The number of hydrogen-bond donors (Lipinski definition) is 0. The minimum atomic E-state index is -0.553. The fourth-order valence-corrected chi connectivity index (χ4v) is 6.44. The van der Waals surface area contributed by atoms with E-state index in [2.05, 4.69) is 30.0 Å². The standard InChI is InChI=1S/C23H22N2O3/c1-3-13-12-24-9-8-23-17-6-4-5-7-18(17)25-20(23)15(14(13)11-19(23)24)10-16(21(25)26)22(27)28-2/h3-7,10,14,19H,8-9,11-12H2,1-2H3/b13-3+/t14-,19-,23+/m0/s1. The molecule has 2 bridgehead atoms. The zero-order chi connectivity index (χ0) is 19.2. The van der Waals surface area contributed by atoms with Crippen LogP contribution in [0.2, 0.25) is 0 Å². The number of hydrogen-bond acceptors (Lipinski definition) is 4. The van der Waals surface area contributed by atoms with Crippen LogP contribution < -0.4 is 5.56 Å². The Labute approximate surface area is 163 Å². The average molecular weight is 374 g/mol. The first-order valence-electron chi connectivity index (χ1n) is 9.99. The lowest BCUT2D eigenvalue weighted by molar-refractivity contribution is 0.0597. The Morgan fingerprint density at radius 2 is 2.14 bits per heavy atom. The van der Waals surface area contributed by atoms with Gasteiger partial charge in [0.2, 0.25) is 0 Å². The molecule has 3 aliphatic heterocycles. The molecule has 2 saturated heterocycles. The summed E-state index contributed by atoms with van der Waals surface area (Å²) in [5, 5.41) is 0. The number of benzene rings is 1. The summed E-state index contributed by atoms with van der Waals surface area (Å²) in [4.78, 5) is 28.5. The topological polar surface area (TPSA) is 51.5 Å². The molecule has 0 unspecified atom stereocenters. The lowest BCUT2D eigenvalue weighted by Gasteiger charge is -2.48. The molecule has 1 aliphatic carbocycles. The summed E-state index contributed by atoms with van der Waals surface area (Å²) in [6.07, 6.45) is 4.27. The summed E-state index contributed by atoms with van der Waals surface area (Å²) in [5.41, 5.74) is 5.57. The second-order valence-corrected chi connectivity index (χ2v) is 8.37. The van der Waals surface area contributed by atoms with Crippen molar-refractivity contribution in [2.24, 2.45) is 0 Å². The third-order valence-corrected chi connectivity index (χ3v) is 7.53. The van der Waals surface area contributed by atoms with Crippen LogP contribution in [0.5, 0.6) is 0 Å². The molecule has 1 aromatic carbocycles. The van der Waals surface area contributed by atoms with Crippen LogP contribution in [0.3, 0.4) is 0 Å². The first-order chi connectivity index (χ1) is 13.6. The molecule has 5 heteroatoms. The van der Waals surface area contributed by atoms with Crippen LogP contribution in [0, 0.1) is 0 Å². The van der Waals surface area contributed by atoms with Gasteiger partial charge < -0.3 is 4.74 Å². The molecule has 2 aromatic rings. The van der Waals surface area contributed by atoms with Gasteiger partial charge in [-0.05, 0) is 43.0 Å². The highest BCUT2D eigenvalue weighted by Gasteiger charge is 2.61. The van der Waals surface area contributed by atoms with Crippen molar-refractivity contribution in [3.05, 3.63) is 74.7 Å². The summed E-state index contributed by atoms with van der Waals surface area (Å²) < 4.78 is 6.78. The highest BCUT2D eigenvalue weighted by atomic mass is 16.5. The van der Waals surface area contributed by atoms with Gasteiger partial charge in [-0.2, -0.15) is 0 Å². The minimum Gasteiger partial charge on any atom is -0.465 e. The number of carbonyl (C=O) groups is 1. The number of esters is 1. The molecule has 0 N–H and O–H groups in total. The molecule has 4 aliphatic rings. The number of aromatic nitrogens is 1. The molecule has 0 saturated carbocycles. The first-order valence-corrected chi connectivity index (χ1v) is 9.99. The summed E-state index contributed by atoms with van der Waals surface area (Å²) in [7, 11) is 1.34. The van der Waals surface area contributed by atoms with Crippen LogP contribution in [0.4, 0.5) is 0 Å². The summed E-state index contributed by atoms with van der Waals surface area (Å²) in [6, 6.07) is 10.5. The highest BCUT2D eigenvalue weighted by Crippen LogP contribution is 2.61. The van der Waals surface area contributed by atoms with Crippen molar-refractivity contribution in [1.29, 1.82) is 0 Å². The van der Waals surface area contributed by atoms with Gasteiger partial charge in [0.05, 0.1) is 18.2 Å². The van der Waals surface area contributed by atoms with Gasteiger partial charge in [0.15, 0.2) is 0 Å². The van der Waals surface area contributed by atoms with Crippen LogP contribution in [0.25, 0.3) is 5.69 Å². The fourth-order valence-electron chi connectivity index (χ4n) is 6.44. The second-order valence-electron chi connectivity index (χ2n) is 8.37. The van der Waals surface area contributed by atoms with Gasteiger partial charge in [0.1, 0.15) is 5.56 Å². The van der Waals surface area contributed by atoms with Crippen molar-refractivity contribution in [2.75, 3.05) is 20.2 Å². The van der Waals surface area contributed by atoms with Crippen LogP contribution in [0.15, 0.2) is 46.8 Å². The maximum Gasteiger partial charge on any atom is 0.343 e. The fraction of sp³-hybridized carbons (Fsp3) is 0.391. The van der Waals surface area contributed by atoms with Gasteiger partial charge >= 0.3 is 5.97 Å². The smallest absolute Gasteiger partial charge is 0.343 e. The van der Waals surface area contributed by atoms with E-state index in [9.17, 15) is 9.59 Å². The predicted molar refractivity (Wildman–Crippen MR) is 105 cm³/mol. The number of piperidine rings is 1. The number of nitrogens with zero attached hydrogens (tertiary/aromatic N) is 2. The molecule has 1 aromatic heterocycles. The van der Waals surface area contributed by atoms with Crippen LogP contribution >= 0.6 is 0 Å². The average Bonchev–Trinajstić information content (AvgIpc) is 3.27. The SMILES string of the molecule is C/C=C1\CN2CC[C@]34c5ccccc5-n5c3c(cc(C(=O)OC)c5=O)[C@H]1C[C@H]24. The van der Waals surface area contributed by atoms with E-state index in [1.807, 2.05) is 22.8 Å².